The molecule has 2 N–H and O–H groups in total. The largest absolute Gasteiger partial charge is 0.388 e. The standard InChI is InChI=1S/C13H19NO/c1-3-13(2,15)12-11-7-5-4-6-10(11)8-9-14-12/h4-7,12,14-15H,3,8-9H2,1-2H3. The Morgan fingerprint density at radius 1 is 1.47 bits per heavy atom. The lowest BCUT2D eigenvalue weighted by Crippen LogP contribution is -2.44. The van der Waals surface area contributed by atoms with Crippen molar-refractivity contribution < 1.29 is 5.11 Å². The van der Waals surface area contributed by atoms with Crippen LogP contribution in [0, 0.1) is 0 Å². The first-order valence-electron chi connectivity index (χ1n) is 5.68. The average Bonchev–Trinajstić information content (AvgIpc) is 2.28. The van der Waals surface area contributed by atoms with Crippen molar-refractivity contribution in [1.82, 2.24) is 5.32 Å². The molecule has 2 heteroatoms. The van der Waals surface area contributed by atoms with Crippen molar-refractivity contribution in [3.05, 3.63) is 35.4 Å². The summed E-state index contributed by atoms with van der Waals surface area (Å²) in [6.45, 7) is 4.89. The summed E-state index contributed by atoms with van der Waals surface area (Å²) in [6.07, 6.45) is 1.82. The van der Waals surface area contributed by atoms with Crippen LogP contribution in [0.15, 0.2) is 24.3 Å². The Morgan fingerprint density at radius 3 is 2.93 bits per heavy atom. The van der Waals surface area contributed by atoms with Crippen molar-refractivity contribution in [2.45, 2.75) is 38.3 Å². The van der Waals surface area contributed by atoms with Crippen molar-refractivity contribution in [3.8, 4) is 0 Å². The molecule has 82 valence electrons. The lowest BCUT2D eigenvalue weighted by molar-refractivity contribution is 0.0126. The summed E-state index contributed by atoms with van der Waals surface area (Å²) in [5.41, 5.74) is 1.97. The molecule has 1 aliphatic rings. The minimum atomic E-state index is -0.656. The first kappa shape index (κ1) is 10.7. The van der Waals surface area contributed by atoms with Gasteiger partial charge in [-0.2, -0.15) is 0 Å². The average molecular weight is 205 g/mol. The van der Waals surface area contributed by atoms with Gasteiger partial charge in [0, 0.05) is 0 Å². The van der Waals surface area contributed by atoms with Crippen molar-refractivity contribution in [1.29, 1.82) is 0 Å². The first-order valence-corrected chi connectivity index (χ1v) is 5.68. The monoisotopic (exact) mass is 205 g/mol. The van der Waals surface area contributed by atoms with Crippen molar-refractivity contribution >= 4 is 0 Å². The van der Waals surface area contributed by atoms with Crippen LogP contribution < -0.4 is 5.32 Å². The lowest BCUT2D eigenvalue weighted by atomic mass is 9.83. The number of hydrogen-bond donors (Lipinski definition) is 2. The molecule has 15 heavy (non-hydrogen) atoms. The zero-order valence-corrected chi connectivity index (χ0v) is 9.46. The molecule has 2 atom stereocenters. The van der Waals surface area contributed by atoms with Gasteiger partial charge in [-0.25, -0.2) is 0 Å². The molecule has 0 saturated heterocycles. The molecule has 1 heterocycles. The van der Waals surface area contributed by atoms with Gasteiger partial charge < -0.3 is 10.4 Å². The minimum absolute atomic E-state index is 0.0763. The van der Waals surface area contributed by atoms with E-state index in [4.69, 9.17) is 0 Å². The summed E-state index contributed by atoms with van der Waals surface area (Å²) >= 11 is 0. The van der Waals surface area contributed by atoms with Gasteiger partial charge in [-0.1, -0.05) is 31.2 Å². The highest BCUT2D eigenvalue weighted by Gasteiger charge is 2.33. The number of nitrogens with one attached hydrogen (secondary N) is 1. The van der Waals surface area contributed by atoms with E-state index in [0.717, 1.165) is 19.4 Å². The van der Waals surface area contributed by atoms with Crippen molar-refractivity contribution in [2.75, 3.05) is 6.54 Å². The summed E-state index contributed by atoms with van der Waals surface area (Å²) < 4.78 is 0. The van der Waals surface area contributed by atoms with Crippen molar-refractivity contribution in [2.24, 2.45) is 0 Å². The Labute approximate surface area is 91.3 Å². The second-order valence-corrected chi connectivity index (χ2v) is 4.55. The van der Waals surface area contributed by atoms with Crippen LogP contribution in [0.3, 0.4) is 0 Å². The predicted molar refractivity (Wildman–Crippen MR) is 61.8 cm³/mol. The van der Waals surface area contributed by atoms with Gasteiger partial charge in [-0.05, 0) is 37.4 Å². The van der Waals surface area contributed by atoms with E-state index in [0.29, 0.717) is 0 Å². The second kappa shape index (κ2) is 3.95. The highest BCUT2D eigenvalue weighted by Crippen LogP contribution is 2.32. The van der Waals surface area contributed by atoms with Gasteiger partial charge in [0.2, 0.25) is 0 Å². The molecule has 0 saturated carbocycles. The van der Waals surface area contributed by atoms with E-state index >= 15 is 0 Å². The van der Waals surface area contributed by atoms with Gasteiger partial charge in [-0.3, -0.25) is 0 Å². The van der Waals surface area contributed by atoms with E-state index in [9.17, 15) is 5.11 Å². The summed E-state index contributed by atoms with van der Waals surface area (Å²) in [5.74, 6) is 0. The van der Waals surface area contributed by atoms with E-state index in [1.54, 1.807) is 0 Å². The molecular weight excluding hydrogens is 186 g/mol. The smallest absolute Gasteiger partial charge is 0.0811 e. The summed E-state index contributed by atoms with van der Waals surface area (Å²) in [6, 6.07) is 8.48. The van der Waals surface area contributed by atoms with Crippen LogP contribution in [-0.2, 0) is 6.42 Å². The summed E-state index contributed by atoms with van der Waals surface area (Å²) in [5, 5.41) is 13.7. The Morgan fingerprint density at radius 2 is 2.20 bits per heavy atom. The molecule has 0 spiro atoms. The minimum Gasteiger partial charge on any atom is -0.388 e. The lowest BCUT2D eigenvalue weighted by Gasteiger charge is -2.37. The second-order valence-electron chi connectivity index (χ2n) is 4.55. The van der Waals surface area contributed by atoms with Crippen LogP contribution in [0.25, 0.3) is 0 Å². The zero-order valence-electron chi connectivity index (χ0n) is 9.46. The molecule has 0 aromatic heterocycles. The third-order valence-electron chi connectivity index (χ3n) is 3.45. The highest BCUT2D eigenvalue weighted by atomic mass is 16.3. The Balaban J connectivity index is 2.38. The van der Waals surface area contributed by atoms with Crippen LogP contribution in [0.1, 0.15) is 37.4 Å². The Bertz CT molecular complexity index is 346. The molecule has 0 aliphatic carbocycles. The van der Waals surface area contributed by atoms with Gasteiger partial charge in [0.25, 0.3) is 0 Å². The molecule has 2 unspecified atom stereocenters. The molecule has 0 bridgehead atoms. The maximum absolute atomic E-state index is 10.3. The number of fused-ring (bicyclic) bond motifs is 1. The van der Waals surface area contributed by atoms with E-state index in [1.807, 2.05) is 19.9 Å². The molecule has 1 aliphatic heterocycles. The number of aliphatic hydroxyl groups is 1. The molecular formula is C13H19NO. The van der Waals surface area contributed by atoms with E-state index in [2.05, 4.69) is 23.5 Å². The highest BCUT2D eigenvalue weighted by molar-refractivity contribution is 5.34. The SMILES string of the molecule is CCC(C)(O)C1NCCc2ccccc21. The van der Waals surface area contributed by atoms with E-state index in [1.165, 1.54) is 11.1 Å². The van der Waals surface area contributed by atoms with Crippen LogP contribution in [0.4, 0.5) is 0 Å². The van der Waals surface area contributed by atoms with Gasteiger partial charge in [-0.15, -0.1) is 0 Å². The quantitative estimate of drug-likeness (QED) is 0.774. The molecule has 1 aromatic rings. The van der Waals surface area contributed by atoms with Crippen LogP contribution >= 0.6 is 0 Å². The summed E-state index contributed by atoms with van der Waals surface area (Å²) in [4.78, 5) is 0. The fourth-order valence-electron chi connectivity index (χ4n) is 2.26. The number of benzene rings is 1. The van der Waals surface area contributed by atoms with Gasteiger partial charge in [0.15, 0.2) is 0 Å². The van der Waals surface area contributed by atoms with Gasteiger partial charge in [0.05, 0.1) is 11.6 Å². The zero-order chi connectivity index (χ0) is 10.9. The predicted octanol–water partition coefficient (Wildman–Crippen LogP) is 2.03. The molecule has 1 aromatic carbocycles. The van der Waals surface area contributed by atoms with Gasteiger partial charge in [0.1, 0.15) is 0 Å². The number of hydrogen-bond acceptors (Lipinski definition) is 2. The summed E-state index contributed by atoms with van der Waals surface area (Å²) in [7, 11) is 0. The van der Waals surface area contributed by atoms with E-state index < -0.39 is 5.60 Å². The molecule has 2 nitrogen and oxygen atoms in total. The number of rotatable bonds is 2. The van der Waals surface area contributed by atoms with Gasteiger partial charge >= 0.3 is 0 Å². The van der Waals surface area contributed by atoms with Crippen LogP contribution in [-0.4, -0.2) is 17.3 Å². The van der Waals surface area contributed by atoms with Crippen molar-refractivity contribution in [3.63, 3.8) is 0 Å². The van der Waals surface area contributed by atoms with E-state index in [-0.39, 0.29) is 6.04 Å². The molecule has 2 rings (SSSR count). The molecule has 0 radical (unpaired) electrons. The van der Waals surface area contributed by atoms with Crippen LogP contribution in [0.2, 0.25) is 0 Å². The molecule has 0 amide bonds. The fourth-order valence-corrected chi connectivity index (χ4v) is 2.26. The maximum Gasteiger partial charge on any atom is 0.0811 e. The maximum atomic E-state index is 10.3. The molecule has 0 fully saturated rings. The topological polar surface area (TPSA) is 32.3 Å². The first-order chi connectivity index (χ1) is 7.15. The fraction of sp³-hybridized carbons (Fsp3) is 0.538. The Kier molecular flexibility index (Phi) is 2.81. The normalized spacial score (nSPS) is 24.3. The third-order valence-corrected chi connectivity index (χ3v) is 3.45. The third kappa shape index (κ3) is 1.92. The van der Waals surface area contributed by atoms with Crippen LogP contribution in [0.5, 0.6) is 0 Å². The Hall–Kier alpha value is -0.860.